The van der Waals surface area contributed by atoms with E-state index in [-0.39, 0.29) is 24.0 Å². The van der Waals surface area contributed by atoms with Gasteiger partial charge in [0.2, 0.25) is 0 Å². The van der Waals surface area contributed by atoms with Gasteiger partial charge in [0.1, 0.15) is 11.4 Å². The molecule has 5 rings (SSSR count). The first-order chi connectivity index (χ1) is 16.8. The Kier molecular flexibility index (Phi) is 6.40. The van der Waals surface area contributed by atoms with Crippen molar-refractivity contribution in [1.82, 2.24) is 15.2 Å². The minimum Gasteiger partial charge on any atom is -0.493 e. The van der Waals surface area contributed by atoms with Crippen LogP contribution in [0.3, 0.4) is 0 Å². The monoisotopic (exact) mass is 493 g/mol. The number of para-hydroxylation sites is 1. The molecule has 1 N–H and O–H groups in total. The summed E-state index contributed by atoms with van der Waals surface area (Å²) < 4.78 is 12.3. The number of carbonyl (C=O) groups is 2. The Hall–Kier alpha value is -3.13. The number of thiazole rings is 1. The zero-order chi connectivity index (χ0) is 24.6. The maximum absolute atomic E-state index is 13.1. The van der Waals surface area contributed by atoms with Crippen LogP contribution in [0.25, 0.3) is 10.2 Å². The minimum absolute atomic E-state index is 0.0683. The second kappa shape index (κ2) is 9.49. The summed E-state index contributed by atoms with van der Waals surface area (Å²) in [5, 5.41) is 4.17. The molecule has 0 radical (unpaired) electrons. The number of benzene rings is 2. The van der Waals surface area contributed by atoms with Crippen LogP contribution in [0.5, 0.6) is 5.75 Å². The molecule has 8 heteroatoms. The van der Waals surface area contributed by atoms with Crippen LogP contribution in [0, 0.1) is 0 Å². The summed E-state index contributed by atoms with van der Waals surface area (Å²) in [5.74, 6) is 0.904. The molecule has 2 aliphatic heterocycles. The van der Waals surface area contributed by atoms with Crippen molar-refractivity contribution in [2.45, 2.75) is 57.6 Å². The molecule has 3 heterocycles. The third-order valence-corrected chi connectivity index (χ3v) is 7.53. The van der Waals surface area contributed by atoms with Crippen molar-refractivity contribution in [3.05, 3.63) is 58.6 Å². The zero-order valence-electron chi connectivity index (χ0n) is 20.4. The summed E-state index contributed by atoms with van der Waals surface area (Å²) >= 11 is 1.61. The van der Waals surface area contributed by atoms with Gasteiger partial charge in [-0.15, -0.1) is 11.3 Å². The topological polar surface area (TPSA) is 80.8 Å². The molecule has 0 bridgehead atoms. The third kappa shape index (κ3) is 5.27. The van der Waals surface area contributed by atoms with E-state index in [1.807, 2.05) is 63.2 Å². The molecule has 2 atom stereocenters. The number of hydrogen-bond donors (Lipinski definition) is 1. The predicted molar refractivity (Wildman–Crippen MR) is 136 cm³/mol. The molecule has 0 spiro atoms. The van der Waals surface area contributed by atoms with Gasteiger partial charge in [-0.1, -0.05) is 18.2 Å². The van der Waals surface area contributed by atoms with E-state index in [4.69, 9.17) is 14.5 Å². The van der Waals surface area contributed by atoms with Gasteiger partial charge in [0.15, 0.2) is 0 Å². The quantitative estimate of drug-likeness (QED) is 0.509. The Labute approximate surface area is 209 Å². The first kappa shape index (κ1) is 23.6. The van der Waals surface area contributed by atoms with Gasteiger partial charge < -0.3 is 19.7 Å². The fraction of sp³-hybridized carbons (Fsp3) is 0.444. The van der Waals surface area contributed by atoms with Crippen LogP contribution in [0.2, 0.25) is 0 Å². The molecule has 1 aromatic heterocycles. The lowest BCUT2D eigenvalue weighted by atomic mass is 9.99. The van der Waals surface area contributed by atoms with Crippen LogP contribution in [-0.2, 0) is 4.74 Å². The Morgan fingerprint density at radius 1 is 1.17 bits per heavy atom. The Morgan fingerprint density at radius 3 is 2.83 bits per heavy atom. The number of nitrogens with one attached hydrogen (secondary N) is 1. The average Bonchev–Trinajstić information content (AvgIpc) is 3.27. The second-order valence-electron chi connectivity index (χ2n) is 10.2. The van der Waals surface area contributed by atoms with Crippen LogP contribution in [0.1, 0.15) is 72.9 Å². The van der Waals surface area contributed by atoms with E-state index in [1.165, 1.54) is 0 Å². The summed E-state index contributed by atoms with van der Waals surface area (Å²) in [7, 11) is 0. The van der Waals surface area contributed by atoms with Gasteiger partial charge in [-0.25, -0.2) is 9.78 Å². The largest absolute Gasteiger partial charge is 0.493 e. The van der Waals surface area contributed by atoms with E-state index in [2.05, 4.69) is 5.32 Å². The number of ether oxygens (including phenoxy) is 2. The molecule has 7 nitrogen and oxygen atoms in total. The molecule has 1 fully saturated rings. The van der Waals surface area contributed by atoms with E-state index >= 15 is 0 Å². The SMILES string of the molecule is CC(C)(C)OC(=O)N1CCCC(c2nc3ccc(C(=O)N[C@H]4CCOc5ccccc54)cc3s2)C1. The van der Waals surface area contributed by atoms with Crippen molar-refractivity contribution >= 4 is 33.6 Å². The summed E-state index contributed by atoms with van der Waals surface area (Å²) in [4.78, 5) is 32.3. The third-order valence-electron chi connectivity index (χ3n) is 6.35. The highest BCUT2D eigenvalue weighted by Crippen LogP contribution is 2.35. The lowest BCUT2D eigenvalue weighted by Gasteiger charge is -2.33. The number of likely N-dealkylation sites (tertiary alicyclic amines) is 1. The van der Waals surface area contributed by atoms with E-state index < -0.39 is 5.60 Å². The van der Waals surface area contributed by atoms with Crippen molar-refractivity contribution in [3.63, 3.8) is 0 Å². The van der Waals surface area contributed by atoms with Crippen molar-refractivity contribution in [1.29, 1.82) is 0 Å². The van der Waals surface area contributed by atoms with Gasteiger partial charge in [-0.2, -0.15) is 0 Å². The standard InChI is InChI=1S/C27H31N3O4S/c1-27(2,3)34-26(32)30-13-6-7-18(16-30)25-29-21-11-10-17(15-23(21)35-25)24(31)28-20-12-14-33-22-9-5-4-8-19(20)22/h4-5,8-11,15,18,20H,6-7,12-14,16H2,1-3H3,(H,28,31)/t18?,20-/m0/s1. The highest BCUT2D eigenvalue weighted by atomic mass is 32.1. The summed E-state index contributed by atoms with van der Waals surface area (Å²) in [6.45, 7) is 7.54. The molecule has 2 amide bonds. The Balaban J connectivity index is 1.30. The molecule has 0 saturated carbocycles. The van der Waals surface area contributed by atoms with Crippen LogP contribution in [0.4, 0.5) is 4.79 Å². The maximum atomic E-state index is 13.1. The second-order valence-corrected chi connectivity index (χ2v) is 11.3. The smallest absolute Gasteiger partial charge is 0.410 e. The van der Waals surface area contributed by atoms with Gasteiger partial charge in [-0.3, -0.25) is 4.79 Å². The van der Waals surface area contributed by atoms with Crippen LogP contribution < -0.4 is 10.1 Å². The number of amides is 2. The van der Waals surface area contributed by atoms with Gasteiger partial charge in [0.05, 0.1) is 27.9 Å². The number of fused-ring (bicyclic) bond motifs is 2. The number of aromatic nitrogens is 1. The van der Waals surface area contributed by atoms with Crippen molar-refractivity contribution in [2.75, 3.05) is 19.7 Å². The van der Waals surface area contributed by atoms with Gasteiger partial charge in [0.25, 0.3) is 5.91 Å². The fourth-order valence-electron chi connectivity index (χ4n) is 4.66. The van der Waals surface area contributed by atoms with Gasteiger partial charge >= 0.3 is 6.09 Å². The molecular weight excluding hydrogens is 462 g/mol. The first-order valence-electron chi connectivity index (χ1n) is 12.2. The molecular formula is C27H31N3O4S. The average molecular weight is 494 g/mol. The number of hydrogen-bond acceptors (Lipinski definition) is 6. The van der Waals surface area contributed by atoms with E-state index in [0.29, 0.717) is 25.3 Å². The predicted octanol–water partition coefficient (Wildman–Crippen LogP) is 5.66. The lowest BCUT2D eigenvalue weighted by Crippen LogP contribution is -2.42. The molecule has 3 aromatic rings. The van der Waals surface area contributed by atoms with E-state index in [1.54, 1.807) is 16.2 Å². The number of piperidine rings is 1. The molecule has 1 saturated heterocycles. The molecule has 2 aromatic carbocycles. The molecule has 2 aliphatic rings. The number of carbonyl (C=O) groups excluding carboxylic acids is 2. The van der Waals surface area contributed by atoms with E-state index in [9.17, 15) is 9.59 Å². The summed E-state index contributed by atoms with van der Waals surface area (Å²) in [5.41, 5.74) is 2.01. The highest BCUT2D eigenvalue weighted by Gasteiger charge is 2.30. The van der Waals surface area contributed by atoms with Crippen LogP contribution in [-0.4, -0.2) is 47.2 Å². The van der Waals surface area contributed by atoms with Gasteiger partial charge in [-0.05, 0) is 57.9 Å². The Bertz CT molecular complexity index is 1250. The number of rotatable bonds is 3. The summed E-state index contributed by atoms with van der Waals surface area (Å²) in [6.07, 6.45) is 2.37. The van der Waals surface area contributed by atoms with Gasteiger partial charge in [0, 0.05) is 36.6 Å². The molecule has 0 aliphatic carbocycles. The summed E-state index contributed by atoms with van der Waals surface area (Å²) in [6, 6.07) is 13.4. The fourth-order valence-corrected chi connectivity index (χ4v) is 5.80. The van der Waals surface area contributed by atoms with Crippen molar-refractivity contribution in [2.24, 2.45) is 0 Å². The zero-order valence-corrected chi connectivity index (χ0v) is 21.2. The molecule has 35 heavy (non-hydrogen) atoms. The lowest BCUT2D eigenvalue weighted by molar-refractivity contribution is 0.0198. The Morgan fingerprint density at radius 2 is 2.00 bits per heavy atom. The van der Waals surface area contributed by atoms with E-state index in [0.717, 1.165) is 45.8 Å². The number of nitrogens with zero attached hydrogens (tertiary/aromatic N) is 2. The van der Waals surface area contributed by atoms with Crippen molar-refractivity contribution in [3.8, 4) is 5.75 Å². The highest BCUT2D eigenvalue weighted by molar-refractivity contribution is 7.18. The molecule has 184 valence electrons. The normalized spacial score (nSPS) is 20.1. The molecule has 1 unspecified atom stereocenters. The van der Waals surface area contributed by atoms with Crippen molar-refractivity contribution < 1.29 is 19.1 Å². The first-order valence-corrected chi connectivity index (χ1v) is 13.0. The maximum Gasteiger partial charge on any atom is 0.410 e. The van der Waals surface area contributed by atoms with Crippen LogP contribution >= 0.6 is 11.3 Å². The minimum atomic E-state index is -0.510. The van der Waals surface area contributed by atoms with Crippen LogP contribution in [0.15, 0.2) is 42.5 Å².